The molecule has 0 aliphatic heterocycles. The molecule has 0 saturated carbocycles. The lowest BCUT2D eigenvalue weighted by Crippen LogP contribution is -2.30. The molecular formula is C22H23N3O6. The number of benzene rings is 2. The average Bonchev–Trinajstić information content (AvgIpc) is 3.17. The summed E-state index contributed by atoms with van der Waals surface area (Å²) in [5.41, 5.74) is 1.84. The highest BCUT2D eigenvalue weighted by Crippen LogP contribution is 2.29. The maximum Gasteiger partial charge on any atom is 0.306 e. The third-order valence-electron chi connectivity index (χ3n) is 4.84. The van der Waals surface area contributed by atoms with E-state index in [0.717, 1.165) is 16.5 Å². The average molecular weight is 425 g/mol. The molecule has 0 aliphatic carbocycles. The number of para-hydroxylation sites is 1. The zero-order valence-electron chi connectivity index (χ0n) is 17.2. The van der Waals surface area contributed by atoms with Crippen molar-refractivity contribution in [3.63, 3.8) is 0 Å². The quantitative estimate of drug-likeness (QED) is 0.304. The van der Waals surface area contributed by atoms with Crippen molar-refractivity contribution in [1.29, 1.82) is 0 Å². The maximum atomic E-state index is 12.3. The Hall–Kier alpha value is -3.88. The van der Waals surface area contributed by atoms with Crippen LogP contribution in [0.5, 0.6) is 5.75 Å². The van der Waals surface area contributed by atoms with Crippen LogP contribution in [0.3, 0.4) is 0 Å². The van der Waals surface area contributed by atoms with Crippen LogP contribution in [0, 0.1) is 10.1 Å². The Balaban J connectivity index is 1.51. The zero-order chi connectivity index (χ0) is 22.4. The Morgan fingerprint density at radius 3 is 2.74 bits per heavy atom. The van der Waals surface area contributed by atoms with Gasteiger partial charge in [-0.05, 0) is 43.5 Å². The zero-order valence-corrected chi connectivity index (χ0v) is 17.2. The number of H-pyrrole nitrogens is 1. The number of hydrogen-bond donors (Lipinski definition) is 2. The Morgan fingerprint density at radius 1 is 1.23 bits per heavy atom. The highest BCUT2D eigenvalue weighted by atomic mass is 16.6. The summed E-state index contributed by atoms with van der Waals surface area (Å²) >= 11 is 0. The number of aromatic amines is 1. The number of hydrogen-bond acceptors (Lipinski definition) is 6. The van der Waals surface area contributed by atoms with E-state index in [9.17, 15) is 19.7 Å². The van der Waals surface area contributed by atoms with Gasteiger partial charge < -0.3 is 19.8 Å². The van der Waals surface area contributed by atoms with Gasteiger partial charge in [-0.25, -0.2) is 0 Å². The van der Waals surface area contributed by atoms with Crippen LogP contribution < -0.4 is 10.1 Å². The Kier molecular flexibility index (Phi) is 6.86. The van der Waals surface area contributed by atoms with E-state index in [4.69, 9.17) is 9.47 Å². The lowest BCUT2D eigenvalue weighted by molar-refractivity contribution is -0.384. The summed E-state index contributed by atoms with van der Waals surface area (Å²) < 4.78 is 10.1. The summed E-state index contributed by atoms with van der Waals surface area (Å²) in [6.45, 7) is 1.42. The number of aromatic nitrogens is 1. The smallest absolute Gasteiger partial charge is 0.306 e. The number of carbonyl (C=O) groups excluding carboxylic acids is 2. The fourth-order valence-electron chi connectivity index (χ4n) is 3.20. The molecule has 0 aliphatic rings. The number of nitrogens with zero attached hydrogens (tertiary/aromatic N) is 1. The van der Waals surface area contributed by atoms with Crippen LogP contribution in [-0.2, 0) is 20.7 Å². The van der Waals surface area contributed by atoms with Crippen LogP contribution in [0.1, 0.15) is 25.3 Å². The van der Waals surface area contributed by atoms with Crippen LogP contribution >= 0.6 is 0 Å². The molecule has 0 saturated heterocycles. The summed E-state index contributed by atoms with van der Waals surface area (Å²) in [7, 11) is 1.39. The van der Waals surface area contributed by atoms with Crippen molar-refractivity contribution in [3.05, 3.63) is 64.3 Å². The molecular weight excluding hydrogens is 402 g/mol. The summed E-state index contributed by atoms with van der Waals surface area (Å²) in [6, 6.07) is 12.0. The van der Waals surface area contributed by atoms with Crippen molar-refractivity contribution in [2.45, 2.75) is 32.3 Å². The van der Waals surface area contributed by atoms with Gasteiger partial charge in [-0.1, -0.05) is 18.2 Å². The molecule has 0 spiro atoms. The molecule has 162 valence electrons. The van der Waals surface area contributed by atoms with Gasteiger partial charge in [0.1, 0.15) is 11.4 Å². The first-order chi connectivity index (χ1) is 14.9. The van der Waals surface area contributed by atoms with E-state index in [2.05, 4.69) is 10.3 Å². The van der Waals surface area contributed by atoms with Gasteiger partial charge >= 0.3 is 5.97 Å². The Morgan fingerprint density at radius 2 is 2.00 bits per heavy atom. The van der Waals surface area contributed by atoms with Crippen LogP contribution in [0.25, 0.3) is 10.9 Å². The molecule has 1 aromatic heterocycles. The number of anilines is 1. The molecule has 3 aromatic rings. The third kappa shape index (κ3) is 5.39. The number of nitrogens with one attached hydrogen (secondary N) is 2. The fourth-order valence-corrected chi connectivity index (χ4v) is 3.20. The van der Waals surface area contributed by atoms with E-state index >= 15 is 0 Å². The minimum Gasteiger partial charge on any atom is -0.496 e. The van der Waals surface area contributed by atoms with Crippen molar-refractivity contribution in [3.8, 4) is 5.75 Å². The standard InChI is InChI=1S/C22H23N3O6/c1-14(22(27)24-19-11-10-16(30-2)12-20(19)25(28)29)31-21(26)9-5-6-15-13-23-18-8-4-3-7-17(15)18/h3-4,7-8,10-14,23H,5-6,9H2,1-2H3,(H,24,27). The number of nitro benzene ring substituents is 1. The normalized spacial score (nSPS) is 11.7. The van der Waals surface area contributed by atoms with Crippen molar-refractivity contribution in [2.75, 3.05) is 12.4 Å². The van der Waals surface area contributed by atoms with Crippen LogP contribution in [0.2, 0.25) is 0 Å². The predicted octanol–water partition coefficient (Wildman–Crippen LogP) is 3.98. The van der Waals surface area contributed by atoms with Crippen molar-refractivity contribution >= 4 is 34.2 Å². The molecule has 0 radical (unpaired) electrons. The summed E-state index contributed by atoms with van der Waals surface area (Å²) in [5, 5.41) is 14.8. The van der Waals surface area contributed by atoms with Crippen molar-refractivity contribution in [2.24, 2.45) is 0 Å². The molecule has 1 unspecified atom stereocenters. The molecule has 1 amide bonds. The molecule has 2 aromatic carbocycles. The maximum absolute atomic E-state index is 12.3. The number of nitro groups is 1. The second-order valence-electron chi connectivity index (χ2n) is 6.97. The predicted molar refractivity (Wildman–Crippen MR) is 115 cm³/mol. The largest absolute Gasteiger partial charge is 0.496 e. The van der Waals surface area contributed by atoms with E-state index in [1.165, 1.54) is 32.2 Å². The van der Waals surface area contributed by atoms with E-state index in [1.807, 2.05) is 30.5 Å². The molecule has 2 N–H and O–H groups in total. The first kappa shape index (κ1) is 21.8. The van der Waals surface area contributed by atoms with Crippen LogP contribution in [-0.4, -0.2) is 35.0 Å². The summed E-state index contributed by atoms with van der Waals surface area (Å²) in [4.78, 5) is 38.3. The van der Waals surface area contributed by atoms with Gasteiger partial charge in [-0.2, -0.15) is 0 Å². The number of rotatable bonds is 9. The lowest BCUT2D eigenvalue weighted by atomic mass is 10.1. The number of fused-ring (bicyclic) bond motifs is 1. The van der Waals surface area contributed by atoms with Crippen molar-refractivity contribution in [1.82, 2.24) is 4.98 Å². The van der Waals surface area contributed by atoms with Gasteiger partial charge in [0.25, 0.3) is 11.6 Å². The molecule has 9 nitrogen and oxygen atoms in total. The summed E-state index contributed by atoms with van der Waals surface area (Å²) in [6.07, 6.45) is 2.24. The molecule has 0 fully saturated rings. The number of aryl methyl sites for hydroxylation is 1. The second-order valence-corrected chi connectivity index (χ2v) is 6.97. The first-order valence-electron chi connectivity index (χ1n) is 9.77. The molecule has 0 bridgehead atoms. The molecule has 3 rings (SSSR count). The molecule has 1 atom stereocenters. The Bertz CT molecular complexity index is 1110. The number of carbonyl (C=O) groups is 2. The fraction of sp³-hybridized carbons (Fsp3) is 0.273. The highest BCUT2D eigenvalue weighted by molar-refractivity contribution is 5.97. The number of amides is 1. The van der Waals surface area contributed by atoms with Gasteiger partial charge in [-0.3, -0.25) is 19.7 Å². The van der Waals surface area contributed by atoms with Crippen molar-refractivity contribution < 1.29 is 24.0 Å². The van der Waals surface area contributed by atoms with Gasteiger partial charge in [0, 0.05) is 23.5 Å². The number of esters is 1. The Labute approximate surface area is 178 Å². The SMILES string of the molecule is COc1ccc(NC(=O)C(C)OC(=O)CCCc2c[nH]c3ccccc23)c([N+](=O)[O-])c1. The topological polar surface area (TPSA) is 124 Å². The van der Waals surface area contributed by atoms with E-state index in [-0.39, 0.29) is 17.8 Å². The second kappa shape index (κ2) is 9.75. The van der Waals surface area contributed by atoms with E-state index in [0.29, 0.717) is 18.6 Å². The highest BCUT2D eigenvalue weighted by Gasteiger charge is 2.22. The monoisotopic (exact) mass is 425 g/mol. The van der Waals surface area contributed by atoms with E-state index in [1.54, 1.807) is 0 Å². The third-order valence-corrected chi connectivity index (χ3v) is 4.84. The minimum absolute atomic E-state index is 0.00182. The van der Waals surface area contributed by atoms with Gasteiger partial charge in [-0.15, -0.1) is 0 Å². The number of methoxy groups -OCH3 is 1. The molecule has 31 heavy (non-hydrogen) atoms. The van der Waals surface area contributed by atoms with Gasteiger partial charge in [0.05, 0.1) is 18.1 Å². The van der Waals surface area contributed by atoms with E-state index < -0.39 is 22.9 Å². The minimum atomic E-state index is -1.10. The van der Waals surface area contributed by atoms with Gasteiger partial charge in [0.15, 0.2) is 6.10 Å². The lowest BCUT2D eigenvalue weighted by Gasteiger charge is -2.14. The number of ether oxygens (including phenoxy) is 2. The van der Waals surface area contributed by atoms with Crippen LogP contribution in [0.15, 0.2) is 48.7 Å². The van der Waals surface area contributed by atoms with Crippen LogP contribution in [0.4, 0.5) is 11.4 Å². The van der Waals surface area contributed by atoms with Gasteiger partial charge in [0.2, 0.25) is 0 Å². The molecule has 9 heteroatoms. The molecule has 1 heterocycles. The first-order valence-corrected chi connectivity index (χ1v) is 9.77. The summed E-state index contributed by atoms with van der Waals surface area (Å²) in [5.74, 6) is -0.871.